The van der Waals surface area contributed by atoms with Gasteiger partial charge in [-0.05, 0) is 48.1 Å². The summed E-state index contributed by atoms with van der Waals surface area (Å²) in [6.07, 6.45) is 1.51. The molecule has 1 amide bonds. The van der Waals surface area contributed by atoms with E-state index in [4.69, 9.17) is 5.11 Å². The van der Waals surface area contributed by atoms with E-state index in [1.165, 1.54) is 0 Å². The predicted octanol–water partition coefficient (Wildman–Crippen LogP) is 3.69. The molecule has 1 aliphatic carbocycles. The fraction of sp³-hybridized carbons (Fsp3) is 0.263. The van der Waals surface area contributed by atoms with Crippen LogP contribution in [-0.2, 0) is 11.2 Å². The zero-order chi connectivity index (χ0) is 16.4. The van der Waals surface area contributed by atoms with Gasteiger partial charge >= 0.3 is 5.97 Å². The minimum Gasteiger partial charge on any atom is -0.481 e. The van der Waals surface area contributed by atoms with Crippen LogP contribution in [0.25, 0.3) is 0 Å². The summed E-state index contributed by atoms with van der Waals surface area (Å²) in [5.74, 6) is -1.00. The Balaban J connectivity index is 1.69. The van der Waals surface area contributed by atoms with Crippen LogP contribution in [0, 0.1) is 5.92 Å². The number of rotatable bonds is 5. The fourth-order valence-electron chi connectivity index (χ4n) is 2.90. The van der Waals surface area contributed by atoms with Crippen LogP contribution in [0.1, 0.15) is 40.7 Å². The maximum absolute atomic E-state index is 12.4. The second-order valence-corrected chi connectivity index (χ2v) is 5.87. The van der Waals surface area contributed by atoms with Crippen molar-refractivity contribution in [2.24, 2.45) is 5.92 Å². The van der Waals surface area contributed by atoms with Crippen molar-refractivity contribution in [3.63, 3.8) is 0 Å². The molecule has 2 aromatic rings. The fourth-order valence-corrected chi connectivity index (χ4v) is 2.90. The van der Waals surface area contributed by atoms with Crippen LogP contribution < -0.4 is 5.32 Å². The van der Waals surface area contributed by atoms with Gasteiger partial charge in [0.15, 0.2) is 0 Å². The van der Waals surface area contributed by atoms with E-state index < -0.39 is 5.97 Å². The Bertz CT molecular complexity index is 737. The van der Waals surface area contributed by atoms with Crippen LogP contribution in [0.4, 0.5) is 5.69 Å². The Morgan fingerprint density at radius 1 is 1.13 bits per heavy atom. The van der Waals surface area contributed by atoms with Crippen molar-refractivity contribution in [3.05, 3.63) is 65.2 Å². The Morgan fingerprint density at radius 3 is 2.43 bits per heavy atom. The van der Waals surface area contributed by atoms with E-state index in [1.807, 2.05) is 55.5 Å². The van der Waals surface area contributed by atoms with Gasteiger partial charge in [-0.1, -0.05) is 37.3 Å². The number of amides is 1. The minimum absolute atomic E-state index is 0.109. The van der Waals surface area contributed by atoms with Crippen LogP contribution in [0.3, 0.4) is 0 Å². The highest BCUT2D eigenvalue weighted by Crippen LogP contribution is 2.47. The lowest BCUT2D eigenvalue weighted by Crippen LogP contribution is -2.14. The van der Waals surface area contributed by atoms with Crippen LogP contribution in [-0.4, -0.2) is 17.0 Å². The van der Waals surface area contributed by atoms with Gasteiger partial charge < -0.3 is 10.4 Å². The number of benzene rings is 2. The average Bonchev–Trinajstić information content (AvgIpc) is 3.36. The molecule has 1 fully saturated rings. The summed E-state index contributed by atoms with van der Waals surface area (Å²) < 4.78 is 0. The van der Waals surface area contributed by atoms with Gasteiger partial charge in [-0.25, -0.2) is 0 Å². The molecule has 3 rings (SSSR count). The maximum Gasteiger partial charge on any atom is 0.307 e. The number of hydrogen-bond acceptors (Lipinski definition) is 2. The van der Waals surface area contributed by atoms with Crippen molar-refractivity contribution in [2.45, 2.75) is 25.7 Å². The van der Waals surface area contributed by atoms with Crippen LogP contribution in [0.15, 0.2) is 48.5 Å². The largest absolute Gasteiger partial charge is 0.481 e. The molecule has 4 heteroatoms. The zero-order valence-electron chi connectivity index (χ0n) is 13.0. The van der Waals surface area contributed by atoms with Crippen molar-refractivity contribution >= 4 is 17.6 Å². The van der Waals surface area contributed by atoms with Gasteiger partial charge in [-0.15, -0.1) is 0 Å². The van der Waals surface area contributed by atoms with Gasteiger partial charge in [0.25, 0.3) is 5.91 Å². The molecule has 2 N–H and O–H groups in total. The number of aryl methyl sites for hydroxylation is 1. The first-order valence-electron chi connectivity index (χ1n) is 7.82. The van der Waals surface area contributed by atoms with E-state index in [2.05, 4.69) is 5.32 Å². The molecule has 0 aromatic heterocycles. The normalized spacial score (nSPS) is 19.2. The number of carbonyl (C=O) groups is 2. The predicted molar refractivity (Wildman–Crippen MR) is 88.7 cm³/mol. The van der Waals surface area contributed by atoms with E-state index in [1.54, 1.807) is 0 Å². The van der Waals surface area contributed by atoms with Gasteiger partial charge in [0.05, 0.1) is 5.92 Å². The third kappa shape index (κ3) is 3.26. The number of aliphatic carboxylic acids is 1. The molecule has 0 saturated heterocycles. The molecule has 2 aromatic carbocycles. The molecule has 0 spiro atoms. The SMILES string of the molecule is CCc1ccccc1C(=O)Nc1ccc([C@@H]2C[C@H]2C(=O)O)cc1. The van der Waals surface area contributed by atoms with Crippen LogP contribution >= 0.6 is 0 Å². The summed E-state index contributed by atoms with van der Waals surface area (Å²) in [4.78, 5) is 23.3. The summed E-state index contributed by atoms with van der Waals surface area (Å²) >= 11 is 0. The monoisotopic (exact) mass is 309 g/mol. The number of nitrogens with one attached hydrogen (secondary N) is 1. The lowest BCUT2D eigenvalue weighted by molar-refractivity contribution is -0.138. The molecule has 0 heterocycles. The lowest BCUT2D eigenvalue weighted by Gasteiger charge is -2.09. The molecule has 0 radical (unpaired) electrons. The second kappa shape index (κ2) is 6.24. The molecular weight excluding hydrogens is 290 g/mol. The molecule has 1 saturated carbocycles. The highest BCUT2D eigenvalue weighted by molar-refractivity contribution is 6.05. The Labute approximate surface area is 135 Å². The first-order valence-corrected chi connectivity index (χ1v) is 7.82. The highest BCUT2D eigenvalue weighted by atomic mass is 16.4. The summed E-state index contributed by atoms with van der Waals surface area (Å²) in [6.45, 7) is 2.02. The maximum atomic E-state index is 12.4. The molecular formula is C19H19NO3. The first-order chi connectivity index (χ1) is 11.1. The van der Waals surface area contributed by atoms with E-state index in [0.29, 0.717) is 12.0 Å². The number of anilines is 1. The average molecular weight is 309 g/mol. The number of hydrogen-bond donors (Lipinski definition) is 2. The Hall–Kier alpha value is -2.62. The van der Waals surface area contributed by atoms with Crippen LogP contribution in [0.5, 0.6) is 0 Å². The van der Waals surface area contributed by atoms with Gasteiger partial charge in [0.2, 0.25) is 0 Å². The van der Waals surface area contributed by atoms with Crippen molar-refractivity contribution in [1.29, 1.82) is 0 Å². The third-order valence-electron chi connectivity index (χ3n) is 4.35. The molecule has 118 valence electrons. The smallest absolute Gasteiger partial charge is 0.307 e. The molecule has 0 unspecified atom stereocenters. The Morgan fingerprint density at radius 2 is 1.83 bits per heavy atom. The van der Waals surface area contributed by atoms with E-state index in [9.17, 15) is 9.59 Å². The number of carbonyl (C=O) groups excluding carboxylic acids is 1. The molecule has 2 atom stereocenters. The number of carboxylic acids is 1. The highest BCUT2D eigenvalue weighted by Gasteiger charge is 2.43. The molecule has 1 aliphatic rings. The minimum atomic E-state index is -0.733. The van der Waals surface area contributed by atoms with Crippen molar-refractivity contribution in [3.8, 4) is 0 Å². The van der Waals surface area contributed by atoms with Crippen LogP contribution in [0.2, 0.25) is 0 Å². The zero-order valence-corrected chi connectivity index (χ0v) is 13.0. The van der Waals surface area contributed by atoms with Crippen molar-refractivity contribution in [1.82, 2.24) is 0 Å². The number of carboxylic acid groups (broad SMARTS) is 1. The summed E-state index contributed by atoms with van der Waals surface area (Å²) in [6, 6.07) is 15.0. The van der Waals surface area contributed by atoms with Gasteiger partial charge in [-0.2, -0.15) is 0 Å². The van der Waals surface area contributed by atoms with E-state index in [-0.39, 0.29) is 17.7 Å². The summed E-state index contributed by atoms with van der Waals surface area (Å²) in [7, 11) is 0. The van der Waals surface area contributed by atoms with Gasteiger partial charge in [0, 0.05) is 11.3 Å². The van der Waals surface area contributed by atoms with E-state index >= 15 is 0 Å². The molecule has 0 aliphatic heterocycles. The second-order valence-electron chi connectivity index (χ2n) is 5.87. The van der Waals surface area contributed by atoms with Gasteiger partial charge in [0.1, 0.15) is 0 Å². The summed E-state index contributed by atoms with van der Waals surface area (Å²) in [5.41, 5.74) is 3.44. The molecule has 0 bridgehead atoms. The Kier molecular flexibility index (Phi) is 4.15. The van der Waals surface area contributed by atoms with E-state index in [0.717, 1.165) is 23.2 Å². The summed E-state index contributed by atoms with van der Waals surface area (Å²) in [5, 5.41) is 11.9. The topological polar surface area (TPSA) is 66.4 Å². The van der Waals surface area contributed by atoms with Crippen molar-refractivity contribution < 1.29 is 14.7 Å². The quantitative estimate of drug-likeness (QED) is 0.885. The first kappa shape index (κ1) is 15.3. The third-order valence-corrected chi connectivity index (χ3v) is 4.35. The van der Waals surface area contributed by atoms with Gasteiger partial charge in [-0.3, -0.25) is 9.59 Å². The molecule has 4 nitrogen and oxygen atoms in total. The lowest BCUT2D eigenvalue weighted by atomic mass is 10.0. The van der Waals surface area contributed by atoms with Crippen molar-refractivity contribution in [2.75, 3.05) is 5.32 Å². The molecule has 23 heavy (non-hydrogen) atoms. The standard InChI is InChI=1S/C19H19NO3/c1-2-12-5-3-4-6-15(12)18(21)20-14-9-7-13(8-10-14)16-11-17(16)19(22)23/h3-10,16-17H,2,11H2,1H3,(H,20,21)(H,22,23)/t16-,17+/m0/s1.